The van der Waals surface area contributed by atoms with Gasteiger partial charge in [-0.1, -0.05) is 48.5 Å². The molecule has 5 nitrogen and oxygen atoms in total. The summed E-state index contributed by atoms with van der Waals surface area (Å²) in [5.41, 5.74) is 1.25. The fraction of sp³-hybridized carbons (Fsp3) is 0.381. The predicted octanol–water partition coefficient (Wildman–Crippen LogP) is 3.27. The number of likely N-dealkylation sites (tertiary alicyclic amines) is 1. The third-order valence-electron chi connectivity index (χ3n) is 4.91. The number of rotatable bonds is 7. The van der Waals surface area contributed by atoms with E-state index in [-0.39, 0.29) is 17.8 Å². The van der Waals surface area contributed by atoms with Crippen LogP contribution in [0.25, 0.3) is 0 Å². The second-order valence-electron chi connectivity index (χ2n) is 6.90. The quantitative estimate of drug-likeness (QED) is 0.743. The van der Waals surface area contributed by atoms with E-state index in [0.29, 0.717) is 18.0 Å². The zero-order valence-corrected chi connectivity index (χ0v) is 16.2. The lowest BCUT2D eigenvalue weighted by Crippen LogP contribution is -2.45. The molecular formula is C21H26N2O3S. The molecule has 1 atom stereocenters. The molecule has 1 fully saturated rings. The molecule has 6 heteroatoms. The Balaban J connectivity index is 1.50. The molecule has 0 aromatic heterocycles. The largest absolute Gasteiger partial charge is 0.338 e. The molecule has 1 N–H and O–H groups in total. The standard InChI is InChI=1S/C21H26N2O3S/c24-21(22-15-7-11-18-9-3-1-4-10-18)23-16-8-12-19(23)17-27(25,26)20-13-5-2-6-14-20/h1-6,9-10,13-14,19H,7-8,11-12,15-17H2,(H,22,24). The monoisotopic (exact) mass is 386 g/mol. The average Bonchev–Trinajstić information content (AvgIpc) is 3.14. The van der Waals surface area contributed by atoms with Crippen LogP contribution in [0.2, 0.25) is 0 Å². The van der Waals surface area contributed by atoms with Crippen LogP contribution < -0.4 is 5.32 Å². The number of carbonyl (C=O) groups excluding carboxylic acids is 1. The highest BCUT2D eigenvalue weighted by molar-refractivity contribution is 7.91. The van der Waals surface area contributed by atoms with Gasteiger partial charge >= 0.3 is 6.03 Å². The van der Waals surface area contributed by atoms with E-state index in [1.54, 1.807) is 35.2 Å². The van der Waals surface area contributed by atoms with Crippen molar-refractivity contribution in [3.8, 4) is 0 Å². The van der Waals surface area contributed by atoms with Gasteiger partial charge in [0.25, 0.3) is 0 Å². The van der Waals surface area contributed by atoms with Crippen LogP contribution >= 0.6 is 0 Å². The molecule has 1 aliphatic heterocycles. The number of hydrogen-bond acceptors (Lipinski definition) is 3. The summed E-state index contributed by atoms with van der Waals surface area (Å²) in [5.74, 6) is -0.0194. The van der Waals surface area contributed by atoms with E-state index in [4.69, 9.17) is 0 Å². The molecule has 1 saturated heterocycles. The smallest absolute Gasteiger partial charge is 0.317 e. The number of nitrogens with one attached hydrogen (secondary N) is 1. The Labute approximate surface area is 161 Å². The van der Waals surface area contributed by atoms with Crippen LogP contribution in [0.3, 0.4) is 0 Å². The maximum absolute atomic E-state index is 12.6. The van der Waals surface area contributed by atoms with Crippen LogP contribution in [-0.2, 0) is 16.3 Å². The highest BCUT2D eigenvalue weighted by atomic mass is 32.2. The van der Waals surface area contributed by atoms with Crippen molar-refractivity contribution in [1.82, 2.24) is 10.2 Å². The summed E-state index contributed by atoms with van der Waals surface area (Å²) in [4.78, 5) is 14.5. The number of urea groups is 1. The Hall–Kier alpha value is -2.34. The molecule has 0 saturated carbocycles. The Bertz CT molecular complexity index is 838. The maximum atomic E-state index is 12.6. The summed E-state index contributed by atoms with van der Waals surface area (Å²) in [6.45, 7) is 1.20. The molecule has 3 rings (SSSR count). The van der Waals surface area contributed by atoms with Crippen LogP contribution in [0.15, 0.2) is 65.6 Å². The van der Waals surface area contributed by atoms with Gasteiger partial charge in [0.15, 0.2) is 9.84 Å². The lowest BCUT2D eigenvalue weighted by Gasteiger charge is -2.25. The van der Waals surface area contributed by atoms with E-state index < -0.39 is 9.84 Å². The highest BCUT2D eigenvalue weighted by Gasteiger charge is 2.32. The molecule has 1 unspecified atom stereocenters. The summed E-state index contributed by atoms with van der Waals surface area (Å²) in [6, 6.07) is 18.2. The van der Waals surface area contributed by atoms with E-state index in [1.165, 1.54) is 5.56 Å². The minimum absolute atomic E-state index is 0.0194. The topological polar surface area (TPSA) is 66.5 Å². The first-order valence-corrected chi connectivity index (χ1v) is 11.1. The minimum Gasteiger partial charge on any atom is -0.338 e. The number of amides is 2. The van der Waals surface area contributed by atoms with Gasteiger partial charge < -0.3 is 10.2 Å². The van der Waals surface area contributed by atoms with Crippen LogP contribution in [0, 0.1) is 0 Å². The van der Waals surface area contributed by atoms with Crippen molar-refractivity contribution >= 4 is 15.9 Å². The van der Waals surface area contributed by atoms with Crippen molar-refractivity contribution in [2.45, 2.75) is 36.6 Å². The molecule has 27 heavy (non-hydrogen) atoms. The van der Waals surface area contributed by atoms with Gasteiger partial charge in [-0.3, -0.25) is 0 Å². The Morgan fingerprint density at radius 3 is 2.41 bits per heavy atom. The second kappa shape index (κ2) is 9.04. The average molecular weight is 387 g/mol. The Kier molecular flexibility index (Phi) is 6.50. The van der Waals surface area contributed by atoms with Crippen molar-refractivity contribution in [2.24, 2.45) is 0 Å². The van der Waals surface area contributed by atoms with E-state index in [9.17, 15) is 13.2 Å². The molecular weight excluding hydrogens is 360 g/mol. The number of sulfone groups is 1. The van der Waals surface area contributed by atoms with Crippen LogP contribution in [0.1, 0.15) is 24.8 Å². The molecule has 144 valence electrons. The second-order valence-corrected chi connectivity index (χ2v) is 8.94. The highest BCUT2D eigenvalue weighted by Crippen LogP contribution is 2.22. The summed E-state index contributed by atoms with van der Waals surface area (Å²) < 4.78 is 25.2. The molecule has 2 amide bonds. The van der Waals surface area contributed by atoms with E-state index in [1.807, 2.05) is 18.2 Å². The molecule has 0 bridgehead atoms. The van der Waals surface area contributed by atoms with Gasteiger partial charge in [0.2, 0.25) is 0 Å². The molecule has 1 aliphatic rings. The van der Waals surface area contributed by atoms with Crippen molar-refractivity contribution in [1.29, 1.82) is 0 Å². The van der Waals surface area contributed by atoms with Crippen molar-refractivity contribution in [2.75, 3.05) is 18.8 Å². The summed E-state index contributed by atoms with van der Waals surface area (Å²) in [5, 5.41) is 2.94. The number of hydrogen-bond donors (Lipinski definition) is 1. The van der Waals surface area contributed by atoms with Gasteiger partial charge in [-0.25, -0.2) is 13.2 Å². The molecule has 0 spiro atoms. The molecule has 2 aromatic rings. The number of aryl methyl sites for hydroxylation is 1. The lowest BCUT2D eigenvalue weighted by molar-refractivity contribution is 0.196. The van der Waals surface area contributed by atoms with Crippen molar-refractivity contribution in [3.05, 3.63) is 66.2 Å². The van der Waals surface area contributed by atoms with Crippen LogP contribution in [0.5, 0.6) is 0 Å². The van der Waals surface area contributed by atoms with Crippen LogP contribution in [-0.4, -0.2) is 44.2 Å². The summed E-state index contributed by atoms with van der Waals surface area (Å²) >= 11 is 0. The maximum Gasteiger partial charge on any atom is 0.317 e. The van der Waals surface area contributed by atoms with Gasteiger partial charge in [0.1, 0.15) is 0 Å². The Morgan fingerprint density at radius 1 is 1.04 bits per heavy atom. The molecule has 0 aliphatic carbocycles. The van der Waals surface area contributed by atoms with Crippen molar-refractivity contribution < 1.29 is 13.2 Å². The van der Waals surface area contributed by atoms with E-state index in [2.05, 4.69) is 17.4 Å². The summed E-state index contributed by atoms with van der Waals surface area (Å²) in [7, 11) is -3.39. The molecule has 2 aromatic carbocycles. The number of benzene rings is 2. The first kappa shape index (κ1) is 19.4. The zero-order chi connectivity index (χ0) is 19.1. The van der Waals surface area contributed by atoms with Crippen molar-refractivity contribution in [3.63, 3.8) is 0 Å². The van der Waals surface area contributed by atoms with Gasteiger partial charge in [0, 0.05) is 19.1 Å². The fourth-order valence-corrected chi connectivity index (χ4v) is 5.11. The first-order valence-electron chi connectivity index (χ1n) is 9.42. The zero-order valence-electron chi connectivity index (χ0n) is 15.4. The van der Waals surface area contributed by atoms with Gasteiger partial charge in [-0.15, -0.1) is 0 Å². The predicted molar refractivity (Wildman–Crippen MR) is 106 cm³/mol. The summed E-state index contributed by atoms with van der Waals surface area (Å²) in [6.07, 6.45) is 3.33. The number of nitrogens with zero attached hydrogens (tertiary/aromatic N) is 1. The van der Waals surface area contributed by atoms with E-state index in [0.717, 1.165) is 25.7 Å². The molecule has 0 radical (unpaired) electrons. The van der Waals surface area contributed by atoms with Crippen LogP contribution in [0.4, 0.5) is 4.79 Å². The Morgan fingerprint density at radius 2 is 1.70 bits per heavy atom. The van der Waals surface area contributed by atoms with Gasteiger partial charge in [0.05, 0.1) is 10.6 Å². The lowest BCUT2D eigenvalue weighted by atomic mass is 10.1. The minimum atomic E-state index is -3.39. The third kappa shape index (κ3) is 5.32. The third-order valence-corrected chi connectivity index (χ3v) is 6.73. The fourth-order valence-electron chi connectivity index (χ4n) is 3.49. The normalized spacial score (nSPS) is 17.0. The SMILES string of the molecule is O=C(NCCCc1ccccc1)N1CCCC1CS(=O)(=O)c1ccccc1. The molecule has 1 heterocycles. The first-order chi connectivity index (χ1) is 13.1. The van der Waals surface area contributed by atoms with E-state index >= 15 is 0 Å². The number of carbonyl (C=O) groups is 1. The van der Waals surface area contributed by atoms with Gasteiger partial charge in [-0.2, -0.15) is 0 Å². The van der Waals surface area contributed by atoms with Gasteiger partial charge in [-0.05, 0) is 43.4 Å².